The van der Waals surface area contributed by atoms with Gasteiger partial charge in [-0.15, -0.1) is 0 Å². The van der Waals surface area contributed by atoms with Crippen LogP contribution in [0.3, 0.4) is 0 Å². The Morgan fingerprint density at radius 2 is 1.30 bits per heavy atom. The Kier molecular flexibility index (Phi) is 5.94. The van der Waals surface area contributed by atoms with Gasteiger partial charge in [0.1, 0.15) is 0 Å². The summed E-state index contributed by atoms with van der Waals surface area (Å²) in [6, 6.07) is 0. The van der Waals surface area contributed by atoms with Crippen LogP contribution in [0.5, 0.6) is 0 Å². The Labute approximate surface area is 113 Å². The van der Waals surface area contributed by atoms with Crippen molar-refractivity contribution in [1.29, 1.82) is 0 Å². The van der Waals surface area contributed by atoms with Crippen molar-refractivity contribution in [2.75, 3.05) is 0 Å². The van der Waals surface area contributed by atoms with Gasteiger partial charge < -0.3 is 10.2 Å². The van der Waals surface area contributed by atoms with E-state index in [9.17, 15) is 31.4 Å². The molecule has 0 aromatic rings. The summed E-state index contributed by atoms with van der Waals surface area (Å²) < 4.78 is 74.8. The normalized spacial score (nSPS) is 16.4. The van der Waals surface area contributed by atoms with Crippen LogP contribution >= 0.6 is 0 Å². The van der Waals surface area contributed by atoms with Crippen LogP contribution in [0.4, 0.5) is 26.3 Å². The van der Waals surface area contributed by atoms with Gasteiger partial charge in [-0.25, -0.2) is 0 Å². The van der Waals surface area contributed by atoms with Crippen molar-refractivity contribution in [3.63, 3.8) is 0 Å². The van der Waals surface area contributed by atoms with Gasteiger partial charge in [0.15, 0.2) is 0 Å². The molecule has 20 heavy (non-hydrogen) atoms. The summed E-state index contributed by atoms with van der Waals surface area (Å²) in [5.41, 5.74) is -5.71. The fraction of sp³-hybridized carbons (Fsp3) is 1.00. The Morgan fingerprint density at radius 3 is 1.60 bits per heavy atom. The molecule has 8 heteroatoms. The van der Waals surface area contributed by atoms with Crippen molar-refractivity contribution in [2.24, 2.45) is 5.92 Å². The smallest absolute Gasteiger partial charge is 0.390 e. The Hall–Kier alpha value is -0.500. The van der Waals surface area contributed by atoms with E-state index >= 15 is 0 Å². The first-order valence-electron chi connectivity index (χ1n) is 6.18. The number of hydrogen-bond acceptors (Lipinski definition) is 2. The molecule has 0 aromatic heterocycles. The van der Waals surface area contributed by atoms with E-state index in [2.05, 4.69) is 0 Å². The molecule has 2 nitrogen and oxygen atoms in total. The molecule has 0 aliphatic rings. The van der Waals surface area contributed by atoms with E-state index in [0.717, 1.165) is 0 Å². The highest BCUT2D eigenvalue weighted by Gasteiger charge is 2.70. The molecule has 0 fully saturated rings. The molecule has 0 amide bonds. The molecular formula is C12H20F6O2. The van der Waals surface area contributed by atoms with Gasteiger partial charge >= 0.3 is 12.4 Å². The maximum atomic E-state index is 12.5. The third-order valence-electron chi connectivity index (χ3n) is 3.07. The molecule has 0 heterocycles. The minimum Gasteiger partial charge on any atom is -0.390 e. The predicted octanol–water partition coefficient (Wildman–Crippen LogP) is 3.81. The van der Waals surface area contributed by atoms with Gasteiger partial charge in [-0.05, 0) is 32.6 Å². The zero-order valence-corrected chi connectivity index (χ0v) is 11.6. The van der Waals surface area contributed by atoms with Gasteiger partial charge in [0, 0.05) is 0 Å². The molecule has 0 bridgehead atoms. The molecule has 122 valence electrons. The lowest BCUT2D eigenvalue weighted by molar-refractivity contribution is -0.372. The lowest BCUT2D eigenvalue weighted by Crippen LogP contribution is -2.57. The predicted molar refractivity (Wildman–Crippen MR) is 61.0 cm³/mol. The summed E-state index contributed by atoms with van der Waals surface area (Å²) in [4.78, 5) is 0. The maximum absolute atomic E-state index is 12.5. The van der Waals surface area contributed by atoms with E-state index in [1.165, 1.54) is 20.8 Å². The molecule has 0 unspecified atom stereocenters. The largest absolute Gasteiger partial charge is 0.426 e. The Morgan fingerprint density at radius 1 is 0.900 bits per heavy atom. The van der Waals surface area contributed by atoms with Crippen LogP contribution < -0.4 is 0 Å². The molecule has 0 aliphatic heterocycles. The second-order valence-electron chi connectivity index (χ2n) is 5.87. The van der Waals surface area contributed by atoms with Crippen LogP contribution in [0.15, 0.2) is 0 Å². The summed E-state index contributed by atoms with van der Waals surface area (Å²) in [5, 5.41) is 18.4. The molecule has 0 spiro atoms. The topological polar surface area (TPSA) is 40.5 Å². The summed E-state index contributed by atoms with van der Waals surface area (Å²) >= 11 is 0. The average molecular weight is 310 g/mol. The Balaban J connectivity index is 4.70. The molecular weight excluding hydrogens is 290 g/mol. The number of halogens is 6. The van der Waals surface area contributed by atoms with Gasteiger partial charge in [-0.3, -0.25) is 0 Å². The van der Waals surface area contributed by atoms with Crippen molar-refractivity contribution in [1.82, 2.24) is 0 Å². The van der Waals surface area contributed by atoms with E-state index in [0.29, 0.717) is 0 Å². The highest BCUT2D eigenvalue weighted by atomic mass is 19.4. The summed E-state index contributed by atoms with van der Waals surface area (Å²) in [6.45, 7) is 4.21. The molecule has 0 saturated heterocycles. The molecule has 0 radical (unpaired) electrons. The maximum Gasteiger partial charge on any atom is 0.426 e. The first-order valence-corrected chi connectivity index (χ1v) is 6.18. The summed E-state index contributed by atoms with van der Waals surface area (Å²) in [6.07, 6.45) is -12.4. The van der Waals surface area contributed by atoms with Gasteiger partial charge in [-0.1, -0.05) is 19.8 Å². The first kappa shape index (κ1) is 19.5. The van der Waals surface area contributed by atoms with Gasteiger partial charge in [0.2, 0.25) is 0 Å². The molecule has 0 rings (SSSR count). The van der Waals surface area contributed by atoms with Crippen molar-refractivity contribution in [3.8, 4) is 0 Å². The van der Waals surface area contributed by atoms with Crippen molar-refractivity contribution >= 4 is 0 Å². The zero-order valence-electron chi connectivity index (χ0n) is 11.6. The second kappa shape index (κ2) is 6.09. The van der Waals surface area contributed by atoms with E-state index in [4.69, 9.17) is 5.11 Å². The number of aliphatic hydroxyl groups is 2. The van der Waals surface area contributed by atoms with Crippen LogP contribution in [-0.2, 0) is 0 Å². The van der Waals surface area contributed by atoms with Gasteiger partial charge in [0.05, 0.1) is 5.60 Å². The third-order valence-corrected chi connectivity index (χ3v) is 3.07. The SMILES string of the molecule is C[C@@H](CCCC(C)(C)O)CC(O)(C(F)(F)F)C(F)(F)F. The molecule has 2 N–H and O–H groups in total. The van der Waals surface area contributed by atoms with Gasteiger partial charge in [0.25, 0.3) is 5.60 Å². The van der Waals surface area contributed by atoms with Crippen LogP contribution in [0.2, 0.25) is 0 Å². The van der Waals surface area contributed by atoms with Crippen LogP contribution in [0, 0.1) is 5.92 Å². The van der Waals surface area contributed by atoms with E-state index < -0.39 is 35.9 Å². The quantitative estimate of drug-likeness (QED) is 0.732. The van der Waals surface area contributed by atoms with E-state index in [1.54, 1.807) is 0 Å². The summed E-state index contributed by atoms with van der Waals surface area (Å²) in [7, 11) is 0. The lowest BCUT2D eigenvalue weighted by atomic mass is 9.86. The van der Waals surface area contributed by atoms with Crippen molar-refractivity contribution in [3.05, 3.63) is 0 Å². The number of alkyl halides is 6. The molecule has 1 atom stereocenters. The molecule has 0 saturated carbocycles. The minimum absolute atomic E-state index is 0.0540. The van der Waals surface area contributed by atoms with Crippen molar-refractivity contribution < 1.29 is 36.6 Å². The fourth-order valence-corrected chi connectivity index (χ4v) is 1.88. The monoisotopic (exact) mass is 310 g/mol. The minimum atomic E-state index is -5.77. The van der Waals surface area contributed by atoms with E-state index in [-0.39, 0.29) is 19.3 Å². The third kappa shape index (κ3) is 5.47. The lowest BCUT2D eigenvalue weighted by Gasteiger charge is -2.34. The molecule has 0 aliphatic carbocycles. The Bertz CT molecular complexity index is 289. The van der Waals surface area contributed by atoms with Crippen LogP contribution in [0.25, 0.3) is 0 Å². The first-order chi connectivity index (χ1) is 8.60. The fourth-order valence-electron chi connectivity index (χ4n) is 1.88. The van der Waals surface area contributed by atoms with Crippen LogP contribution in [-0.4, -0.2) is 33.8 Å². The van der Waals surface area contributed by atoms with Crippen LogP contribution in [0.1, 0.15) is 46.5 Å². The zero-order chi connectivity index (χ0) is 16.4. The highest BCUT2D eigenvalue weighted by molar-refractivity contribution is 4.94. The van der Waals surface area contributed by atoms with Crippen molar-refractivity contribution in [2.45, 2.75) is 70.0 Å². The second-order valence-corrected chi connectivity index (χ2v) is 5.87. The average Bonchev–Trinajstić information content (AvgIpc) is 2.11. The highest BCUT2D eigenvalue weighted by Crippen LogP contribution is 2.47. The van der Waals surface area contributed by atoms with E-state index in [1.807, 2.05) is 0 Å². The number of hydrogen-bond donors (Lipinski definition) is 2. The number of rotatable bonds is 6. The summed E-state index contributed by atoms with van der Waals surface area (Å²) in [5.74, 6) is -0.981. The molecule has 0 aromatic carbocycles. The van der Waals surface area contributed by atoms with Gasteiger partial charge in [-0.2, -0.15) is 26.3 Å². The standard InChI is InChI=1S/C12H20F6O2/c1-8(5-4-6-9(2,3)19)7-10(20,11(13,14)15)12(16,17)18/h8,19-20H,4-7H2,1-3H3/t8-/m0/s1.